The molecule has 29 heavy (non-hydrogen) atoms. The van der Waals surface area contributed by atoms with Gasteiger partial charge in [0.25, 0.3) is 10.0 Å². The molecule has 0 atom stereocenters. The van der Waals surface area contributed by atoms with Crippen molar-refractivity contribution in [3.63, 3.8) is 0 Å². The topological polar surface area (TPSA) is 106 Å². The first-order chi connectivity index (χ1) is 14.0. The van der Waals surface area contributed by atoms with Crippen LogP contribution in [0.3, 0.4) is 0 Å². The number of benzene rings is 2. The Morgan fingerprint density at radius 3 is 2.52 bits per heavy atom. The van der Waals surface area contributed by atoms with Crippen LogP contribution in [0.4, 0.5) is 10.3 Å². The van der Waals surface area contributed by atoms with Crippen molar-refractivity contribution in [3.05, 3.63) is 79.0 Å². The van der Waals surface area contributed by atoms with Crippen LogP contribution in [0, 0.1) is 5.95 Å². The third-order valence-corrected chi connectivity index (χ3v) is 5.10. The first-order valence-electron chi connectivity index (χ1n) is 8.39. The molecule has 0 aliphatic carbocycles. The van der Waals surface area contributed by atoms with Gasteiger partial charge in [-0.05, 0) is 30.3 Å². The first-order valence-corrected chi connectivity index (χ1v) is 9.87. The minimum atomic E-state index is -3.77. The zero-order valence-electron chi connectivity index (χ0n) is 14.8. The van der Waals surface area contributed by atoms with Crippen molar-refractivity contribution in [1.29, 1.82) is 0 Å². The Morgan fingerprint density at radius 1 is 0.931 bits per heavy atom. The van der Waals surface area contributed by atoms with Crippen molar-refractivity contribution in [2.24, 2.45) is 0 Å². The molecule has 0 saturated carbocycles. The molecule has 2 aromatic carbocycles. The Bertz CT molecular complexity index is 1270. The van der Waals surface area contributed by atoms with Gasteiger partial charge in [-0.1, -0.05) is 18.2 Å². The smallest absolute Gasteiger partial charge is 0.257 e. The Hall–Kier alpha value is -3.63. The molecule has 0 saturated heterocycles. The van der Waals surface area contributed by atoms with Crippen molar-refractivity contribution in [3.8, 4) is 11.5 Å². The maximum atomic E-state index is 13.2. The van der Waals surface area contributed by atoms with Gasteiger partial charge >= 0.3 is 0 Å². The van der Waals surface area contributed by atoms with Crippen molar-refractivity contribution in [2.45, 2.75) is 4.90 Å². The van der Waals surface area contributed by atoms with Crippen molar-refractivity contribution >= 4 is 26.9 Å². The molecule has 0 aliphatic rings. The van der Waals surface area contributed by atoms with E-state index in [4.69, 9.17) is 4.74 Å². The number of ether oxygens (including phenoxy) is 1. The molecule has 0 aliphatic heterocycles. The van der Waals surface area contributed by atoms with Gasteiger partial charge in [0.2, 0.25) is 11.9 Å². The average Bonchev–Trinajstić information content (AvgIpc) is 2.73. The summed E-state index contributed by atoms with van der Waals surface area (Å²) in [5.41, 5.74) is 3.00. The molecule has 2 heterocycles. The molecule has 10 heteroatoms. The van der Waals surface area contributed by atoms with Crippen LogP contribution in [-0.2, 0) is 10.0 Å². The van der Waals surface area contributed by atoms with Crippen molar-refractivity contribution in [1.82, 2.24) is 19.8 Å². The summed E-state index contributed by atoms with van der Waals surface area (Å²) in [6.07, 6.45) is 2.84. The Kier molecular flexibility index (Phi) is 5.02. The van der Waals surface area contributed by atoms with Crippen LogP contribution in [0.15, 0.2) is 78.0 Å². The Balaban J connectivity index is 1.54. The molecule has 2 N–H and O–H groups in total. The second kappa shape index (κ2) is 7.78. The van der Waals surface area contributed by atoms with Crippen LogP contribution < -0.4 is 15.0 Å². The van der Waals surface area contributed by atoms with E-state index >= 15 is 0 Å². The van der Waals surface area contributed by atoms with E-state index in [9.17, 15) is 12.8 Å². The molecule has 0 amide bonds. The maximum Gasteiger partial charge on any atom is 0.257 e. The summed E-state index contributed by atoms with van der Waals surface area (Å²) in [5.74, 6) is 0.129. The first kappa shape index (κ1) is 18.7. The highest BCUT2D eigenvalue weighted by Gasteiger charge is 2.13. The highest BCUT2D eigenvalue weighted by Crippen LogP contribution is 2.25. The average molecular weight is 411 g/mol. The molecule has 2 aromatic heterocycles. The van der Waals surface area contributed by atoms with Gasteiger partial charge in [-0.2, -0.15) is 4.39 Å². The number of halogens is 1. The molecule has 0 unspecified atom stereocenters. The highest BCUT2D eigenvalue weighted by molar-refractivity contribution is 7.89. The van der Waals surface area contributed by atoms with Crippen LogP contribution in [-0.4, -0.2) is 23.4 Å². The third kappa shape index (κ3) is 4.45. The summed E-state index contributed by atoms with van der Waals surface area (Å²) in [5, 5.41) is 0.717. The van der Waals surface area contributed by atoms with Gasteiger partial charge in [0.05, 0.1) is 10.4 Å². The fraction of sp³-hybridized carbons (Fsp3) is 0. The number of hydrogen-bond acceptors (Lipinski definition) is 7. The van der Waals surface area contributed by atoms with Gasteiger partial charge < -0.3 is 4.74 Å². The van der Waals surface area contributed by atoms with Gasteiger partial charge in [-0.25, -0.2) is 23.4 Å². The lowest BCUT2D eigenvalue weighted by atomic mass is 10.2. The molecule has 8 nitrogen and oxygen atoms in total. The maximum absolute atomic E-state index is 13.2. The number of sulfonamides is 1. The van der Waals surface area contributed by atoms with E-state index < -0.39 is 16.0 Å². The van der Waals surface area contributed by atoms with Gasteiger partial charge in [0.1, 0.15) is 11.5 Å². The summed E-state index contributed by atoms with van der Waals surface area (Å²) in [4.78, 5) is 14.2. The molecular formula is C19H14FN5O3S. The second-order valence-corrected chi connectivity index (χ2v) is 7.56. The number of pyridine rings is 1. The fourth-order valence-corrected chi connectivity index (χ4v) is 3.34. The number of nitrogens with one attached hydrogen (secondary N) is 2. The quantitative estimate of drug-likeness (QED) is 0.370. The van der Waals surface area contributed by atoms with E-state index in [1.54, 1.807) is 36.4 Å². The zero-order valence-corrected chi connectivity index (χ0v) is 15.6. The lowest BCUT2D eigenvalue weighted by molar-refractivity contribution is 0.472. The van der Waals surface area contributed by atoms with Gasteiger partial charge in [0, 0.05) is 29.9 Å². The standard InChI is InChI=1S/C19H14FN5O3S/c20-18-11-15(8-9-21-18)28-14-7-6-13-12-22-19(23-17(13)10-14)24-25-29(26,27)16-4-2-1-3-5-16/h1-12,25H,(H,22,23,24). The minimum absolute atomic E-state index is 0.0594. The summed E-state index contributed by atoms with van der Waals surface area (Å²) in [6.45, 7) is 0. The third-order valence-electron chi connectivity index (χ3n) is 3.84. The van der Waals surface area contributed by atoms with E-state index in [0.29, 0.717) is 17.0 Å². The van der Waals surface area contributed by atoms with Crippen LogP contribution in [0.2, 0.25) is 0 Å². The largest absolute Gasteiger partial charge is 0.457 e. The Labute approximate surface area is 165 Å². The molecular weight excluding hydrogens is 397 g/mol. The van der Waals surface area contributed by atoms with E-state index in [0.717, 1.165) is 11.5 Å². The number of rotatable bonds is 6. The van der Waals surface area contributed by atoms with Crippen molar-refractivity contribution < 1.29 is 17.5 Å². The molecule has 0 spiro atoms. The number of anilines is 1. The number of aromatic nitrogens is 3. The summed E-state index contributed by atoms with van der Waals surface area (Å²) in [6, 6.07) is 15.6. The van der Waals surface area contributed by atoms with Crippen LogP contribution in [0.1, 0.15) is 0 Å². The normalized spacial score (nSPS) is 11.3. The molecule has 0 radical (unpaired) electrons. The van der Waals surface area contributed by atoms with Gasteiger partial charge in [-0.3, -0.25) is 5.43 Å². The molecule has 4 rings (SSSR count). The van der Waals surface area contributed by atoms with Gasteiger partial charge in [-0.15, -0.1) is 4.83 Å². The van der Waals surface area contributed by atoms with Crippen LogP contribution in [0.25, 0.3) is 10.9 Å². The van der Waals surface area contributed by atoms with E-state index in [2.05, 4.69) is 25.2 Å². The minimum Gasteiger partial charge on any atom is -0.457 e. The predicted octanol–water partition coefficient (Wildman–Crippen LogP) is 3.26. The molecule has 0 bridgehead atoms. The van der Waals surface area contributed by atoms with E-state index in [-0.39, 0.29) is 10.8 Å². The zero-order chi connectivity index (χ0) is 20.3. The van der Waals surface area contributed by atoms with E-state index in [1.807, 2.05) is 0 Å². The van der Waals surface area contributed by atoms with Crippen molar-refractivity contribution in [2.75, 3.05) is 5.43 Å². The number of hydrogen-bond donors (Lipinski definition) is 2. The number of hydrazine groups is 1. The summed E-state index contributed by atoms with van der Waals surface area (Å²) in [7, 11) is -3.77. The monoisotopic (exact) mass is 411 g/mol. The second-order valence-electron chi connectivity index (χ2n) is 5.87. The molecule has 0 fully saturated rings. The fourth-order valence-electron chi connectivity index (χ4n) is 2.48. The van der Waals surface area contributed by atoms with Gasteiger partial charge in [0.15, 0.2) is 0 Å². The lowest BCUT2D eigenvalue weighted by Gasteiger charge is -2.09. The SMILES string of the molecule is O=S(=O)(NNc1ncc2ccc(Oc3ccnc(F)c3)cc2n1)c1ccccc1. The summed E-state index contributed by atoms with van der Waals surface area (Å²) >= 11 is 0. The van der Waals surface area contributed by atoms with Crippen LogP contribution >= 0.6 is 0 Å². The Morgan fingerprint density at radius 2 is 1.72 bits per heavy atom. The molecule has 146 valence electrons. The number of nitrogens with zero attached hydrogens (tertiary/aromatic N) is 3. The van der Waals surface area contributed by atoms with E-state index in [1.165, 1.54) is 30.6 Å². The lowest BCUT2D eigenvalue weighted by Crippen LogP contribution is -2.30. The highest BCUT2D eigenvalue weighted by atomic mass is 32.2. The predicted molar refractivity (Wildman–Crippen MR) is 104 cm³/mol. The molecule has 4 aromatic rings. The number of fused-ring (bicyclic) bond motifs is 1. The van der Waals surface area contributed by atoms with Crippen LogP contribution in [0.5, 0.6) is 11.5 Å². The summed E-state index contributed by atoms with van der Waals surface area (Å²) < 4.78 is 43.3.